The van der Waals surface area contributed by atoms with Crippen LogP contribution in [0.4, 0.5) is 0 Å². The third kappa shape index (κ3) is 43.5. The molecule has 3 N–H and O–H groups in total. The highest BCUT2D eigenvalue weighted by atomic mass is 16.5. The zero-order chi connectivity index (χ0) is 41.5. The minimum Gasteiger partial charge on any atom is -0.466 e. The smallest absolute Gasteiger partial charge is 0.305 e. The Morgan fingerprint density at radius 2 is 0.877 bits per heavy atom. The van der Waals surface area contributed by atoms with Crippen molar-refractivity contribution in [2.24, 2.45) is 0 Å². The van der Waals surface area contributed by atoms with Gasteiger partial charge in [0.1, 0.15) is 0 Å². The molecule has 0 rings (SSSR count). The molecule has 0 radical (unpaired) electrons. The summed E-state index contributed by atoms with van der Waals surface area (Å²) in [5, 5.41) is 23.1. The van der Waals surface area contributed by atoms with Crippen LogP contribution < -0.4 is 5.32 Å². The predicted octanol–water partition coefficient (Wildman–Crippen LogP) is 14.5. The monoisotopic (exact) mass is 802 g/mol. The van der Waals surface area contributed by atoms with E-state index in [0.29, 0.717) is 25.9 Å². The van der Waals surface area contributed by atoms with Crippen molar-refractivity contribution in [3.63, 3.8) is 0 Å². The highest BCUT2D eigenvalue weighted by Gasteiger charge is 2.20. The molecule has 0 aliphatic heterocycles. The topological polar surface area (TPSA) is 95.9 Å². The first-order chi connectivity index (χ1) is 28.0. The van der Waals surface area contributed by atoms with Gasteiger partial charge in [0.25, 0.3) is 0 Å². The molecule has 2 unspecified atom stereocenters. The summed E-state index contributed by atoms with van der Waals surface area (Å²) < 4.78 is 5.44. The third-order valence-electron chi connectivity index (χ3n) is 11.2. The van der Waals surface area contributed by atoms with Crippen LogP contribution in [0, 0.1) is 0 Å². The van der Waals surface area contributed by atoms with Crippen molar-refractivity contribution in [2.45, 2.75) is 264 Å². The Labute approximate surface area is 353 Å². The number of ether oxygens (including phenoxy) is 1. The second-order valence-electron chi connectivity index (χ2n) is 16.8. The van der Waals surface area contributed by atoms with Crippen molar-refractivity contribution in [3.8, 4) is 0 Å². The normalized spacial score (nSPS) is 13.0. The van der Waals surface area contributed by atoms with Gasteiger partial charge in [0.2, 0.25) is 5.91 Å². The van der Waals surface area contributed by atoms with Gasteiger partial charge in [0, 0.05) is 12.8 Å². The molecule has 0 heterocycles. The number of amides is 1. The number of aliphatic hydroxyl groups excluding tert-OH is 2. The lowest BCUT2D eigenvalue weighted by atomic mass is 10.0. The van der Waals surface area contributed by atoms with Crippen LogP contribution in [0.25, 0.3) is 0 Å². The molecular formula is C51H95NO5. The molecule has 1 amide bonds. The molecule has 0 fully saturated rings. The summed E-state index contributed by atoms with van der Waals surface area (Å²) in [4.78, 5) is 24.4. The average molecular weight is 802 g/mol. The molecule has 0 saturated carbocycles. The fraction of sp³-hybridized carbons (Fsp3) is 0.843. The molecule has 0 aliphatic carbocycles. The van der Waals surface area contributed by atoms with Crippen LogP contribution in [0.2, 0.25) is 0 Å². The van der Waals surface area contributed by atoms with Gasteiger partial charge in [-0.15, -0.1) is 0 Å². The lowest BCUT2D eigenvalue weighted by molar-refractivity contribution is -0.143. The lowest BCUT2D eigenvalue weighted by Gasteiger charge is -2.22. The zero-order valence-electron chi connectivity index (χ0n) is 37.8. The van der Waals surface area contributed by atoms with Crippen LogP contribution in [-0.2, 0) is 14.3 Å². The Morgan fingerprint density at radius 1 is 0.491 bits per heavy atom. The summed E-state index contributed by atoms with van der Waals surface area (Å²) in [7, 11) is 0. The highest BCUT2D eigenvalue weighted by Crippen LogP contribution is 2.15. The molecule has 57 heavy (non-hydrogen) atoms. The van der Waals surface area contributed by atoms with E-state index in [4.69, 9.17) is 4.74 Å². The fourth-order valence-corrected chi connectivity index (χ4v) is 7.31. The molecule has 0 aromatic heterocycles. The van der Waals surface area contributed by atoms with Gasteiger partial charge in [-0.25, -0.2) is 0 Å². The van der Waals surface area contributed by atoms with E-state index in [0.717, 1.165) is 83.5 Å². The molecule has 0 spiro atoms. The number of unbranched alkanes of at least 4 members (excludes halogenated alkanes) is 28. The minimum absolute atomic E-state index is 0.0313. The maximum atomic E-state index is 12.4. The van der Waals surface area contributed by atoms with Crippen LogP contribution in [0.15, 0.2) is 36.5 Å². The summed E-state index contributed by atoms with van der Waals surface area (Å²) in [6.07, 6.45) is 55.4. The number of nitrogens with one attached hydrogen (secondary N) is 1. The van der Waals surface area contributed by atoms with E-state index in [1.807, 2.05) is 0 Å². The summed E-state index contributed by atoms with van der Waals surface area (Å²) in [6, 6.07) is -0.559. The standard InChI is InChI=1S/C51H95NO5/c1-3-5-7-9-11-13-15-16-17-18-19-20-25-29-33-37-41-45-51(56)57-46-42-38-34-30-26-22-21-24-28-32-36-40-44-50(55)52-48(47-53)49(54)43-39-35-31-27-23-14-12-10-8-6-4-2/h11,13,16-17,22,26,48-49,53-54H,3-10,12,14-15,18-21,23-25,27-47H2,1-2H3,(H,52,55)/b13-11-,17-16-,26-22-. The predicted molar refractivity (Wildman–Crippen MR) is 246 cm³/mol. The van der Waals surface area contributed by atoms with E-state index in [2.05, 4.69) is 55.6 Å². The van der Waals surface area contributed by atoms with Crippen molar-refractivity contribution in [3.05, 3.63) is 36.5 Å². The number of hydrogen-bond donors (Lipinski definition) is 3. The van der Waals surface area contributed by atoms with Crippen LogP contribution in [-0.4, -0.2) is 47.4 Å². The largest absolute Gasteiger partial charge is 0.466 e. The Kier molecular flexibility index (Phi) is 45.2. The van der Waals surface area contributed by atoms with Crippen LogP contribution in [0.3, 0.4) is 0 Å². The molecule has 0 aromatic carbocycles. The van der Waals surface area contributed by atoms with Crippen LogP contribution in [0.1, 0.15) is 251 Å². The van der Waals surface area contributed by atoms with E-state index in [1.54, 1.807) is 0 Å². The molecule has 6 nitrogen and oxygen atoms in total. The quantitative estimate of drug-likeness (QED) is 0.0324. The number of rotatable bonds is 45. The van der Waals surface area contributed by atoms with Crippen LogP contribution >= 0.6 is 0 Å². The molecule has 0 aromatic rings. The van der Waals surface area contributed by atoms with Crippen molar-refractivity contribution in [1.82, 2.24) is 5.32 Å². The third-order valence-corrected chi connectivity index (χ3v) is 11.2. The zero-order valence-corrected chi connectivity index (χ0v) is 37.8. The van der Waals surface area contributed by atoms with E-state index in [1.165, 1.54) is 135 Å². The number of allylic oxidation sites excluding steroid dienone is 6. The number of hydrogen-bond acceptors (Lipinski definition) is 5. The number of aliphatic hydroxyl groups is 2. The van der Waals surface area contributed by atoms with Crippen molar-refractivity contribution < 1.29 is 24.5 Å². The summed E-state index contributed by atoms with van der Waals surface area (Å²) in [5.41, 5.74) is 0. The van der Waals surface area contributed by atoms with Gasteiger partial charge in [-0.3, -0.25) is 9.59 Å². The summed E-state index contributed by atoms with van der Waals surface area (Å²) in [6.45, 7) is 4.84. The number of esters is 1. The van der Waals surface area contributed by atoms with E-state index < -0.39 is 12.1 Å². The summed E-state index contributed by atoms with van der Waals surface area (Å²) >= 11 is 0. The molecular weight excluding hydrogens is 707 g/mol. The maximum Gasteiger partial charge on any atom is 0.305 e. The molecule has 0 bridgehead atoms. The Balaban J connectivity index is 3.50. The SMILES string of the molecule is CCCCC/C=C\C/C=C\CCCCCCCCCC(=O)OCCCCC/C=C\CCCCCCCC(=O)NC(CO)C(O)CCCCCCCCCCCCC. The van der Waals surface area contributed by atoms with E-state index in [9.17, 15) is 19.8 Å². The van der Waals surface area contributed by atoms with Crippen molar-refractivity contribution in [2.75, 3.05) is 13.2 Å². The Hall–Kier alpha value is -1.92. The highest BCUT2D eigenvalue weighted by molar-refractivity contribution is 5.76. The minimum atomic E-state index is -0.679. The van der Waals surface area contributed by atoms with Gasteiger partial charge in [-0.2, -0.15) is 0 Å². The molecule has 6 heteroatoms. The summed E-state index contributed by atoms with van der Waals surface area (Å²) in [5.74, 6) is -0.0950. The Morgan fingerprint density at radius 3 is 1.39 bits per heavy atom. The van der Waals surface area contributed by atoms with Gasteiger partial charge in [-0.05, 0) is 89.9 Å². The van der Waals surface area contributed by atoms with Crippen LogP contribution in [0.5, 0.6) is 0 Å². The molecule has 334 valence electrons. The second-order valence-corrected chi connectivity index (χ2v) is 16.8. The van der Waals surface area contributed by atoms with Gasteiger partial charge in [-0.1, -0.05) is 185 Å². The van der Waals surface area contributed by atoms with Gasteiger partial charge in [0.15, 0.2) is 0 Å². The van der Waals surface area contributed by atoms with E-state index >= 15 is 0 Å². The number of carbonyl (C=O) groups excluding carboxylic acids is 2. The molecule has 2 atom stereocenters. The fourth-order valence-electron chi connectivity index (χ4n) is 7.31. The lowest BCUT2D eigenvalue weighted by Crippen LogP contribution is -2.45. The first kappa shape index (κ1) is 55.1. The molecule has 0 aliphatic rings. The van der Waals surface area contributed by atoms with Crippen molar-refractivity contribution in [1.29, 1.82) is 0 Å². The first-order valence-corrected chi connectivity index (χ1v) is 24.7. The maximum absolute atomic E-state index is 12.4. The first-order valence-electron chi connectivity index (χ1n) is 24.7. The van der Waals surface area contributed by atoms with Gasteiger partial charge < -0.3 is 20.3 Å². The van der Waals surface area contributed by atoms with Gasteiger partial charge >= 0.3 is 5.97 Å². The Bertz CT molecular complexity index is 931. The second kappa shape index (κ2) is 46.8. The average Bonchev–Trinajstić information content (AvgIpc) is 3.21. The molecule has 0 saturated heterocycles. The van der Waals surface area contributed by atoms with Gasteiger partial charge in [0.05, 0.1) is 25.4 Å². The van der Waals surface area contributed by atoms with Crippen molar-refractivity contribution >= 4 is 11.9 Å². The number of carbonyl (C=O) groups is 2. The van der Waals surface area contributed by atoms with E-state index in [-0.39, 0.29) is 18.5 Å².